The lowest BCUT2D eigenvalue weighted by atomic mass is 10.0. The molecule has 2 rings (SSSR count). The van der Waals surface area contributed by atoms with Crippen molar-refractivity contribution in [3.8, 4) is 0 Å². The molecule has 1 heterocycles. The molecule has 1 aromatic carbocycles. The number of carboxylic acids is 1. The molecule has 0 saturated carbocycles. The van der Waals surface area contributed by atoms with Gasteiger partial charge in [0.2, 0.25) is 0 Å². The Labute approximate surface area is 119 Å². The van der Waals surface area contributed by atoms with Crippen molar-refractivity contribution < 1.29 is 14.3 Å². The highest BCUT2D eigenvalue weighted by Crippen LogP contribution is 2.30. The highest BCUT2D eigenvalue weighted by Gasteiger charge is 2.27. The highest BCUT2D eigenvalue weighted by atomic mass is 19.1. The molecule has 2 atom stereocenters. The fourth-order valence-corrected chi connectivity index (χ4v) is 2.86. The van der Waals surface area contributed by atoms with E-state index in [-0.39, 0.29) is 18.3 Å². The van der Waals surface area contributed by atoms with Gasteiger partial charge in [0.1, 0.15) is 5.82 Å². The molecule has 4 heteroatoms. The van der Waals surface area contributed by atoms with Crippen LogP contribution in [0.4, 0.5) is 4.39 Å². The normalized spacial score (nSPS) is 21.1. The summed E-state index contributed by atoms with van der Waals surface area (Å²) in [4.78, 5) is 12.9. The van der Waals surface area contributed by atoms with E-state index in [1.807, 2.05) is 12.1 Å². The second kappa shape index (κ2) is 6.35. The van der Waals surface area contributed by atoms with Gasteiger partial charge >= 0.3 is 5.97 Å². The first-order valence-electron chi connectivity index (χ1n) is 7.19. The summed E-state index contributed by atoms with van der Waals surface area (Å²) in [5, 5.41) is 8.73. The SMILES string of the molecule is Cc1ccc(C(C)N2CCC(CCC(=O)O)C2)cc1F. The molecule has 110 valence electrons. The van der Waals surface area contributed by atoms with Gasteiger partial charge < -0.3 is 5.11 Å². The smallest absolute Gasteiger partial charge is 0.303 e. The molecule has 0 spiro atoms. The molecule has 20 heavy (non-hydrogen) atoms. The third kappa shape index (κ3) is 3.57. The molecule has 0 aliphatic carbocycles. The molecule has 1 N–H and O–H groups in total. The van der Waals surface area contributed by atoms with Crippen molar-refractivity contribution >= 4 is 5.97 Å². The average Bonchev–Trinajstić information content (AvgIpc) is 2.87. The van der Waals surface area contributed by atoms with E-state index < -0.39 is 5.97 Å². The number of rotatable bonds is 5. The van der Waals surface area contributed by atoms with E-state index in [9.17, 15) is 9.18 Å². The number of carbonyl (C=O) groups is 1. The van der Waals surface area contributed by atoms with Gasteiger partial charge in [-0.3, -0.25) is 9.69 Å². The summed E-state index contributed by atoms with van der Waals surface area (Å²) in [5.41, 5.74) is 1.66. The minimum atomic E-state index is -0.725. The van der Waals surface area contributed by atoms with E-state index in [0.29, 0.717) is 11.5 Å². The molecule has 0 radical (unpaired) electrons. The molecule has 0 aromatic heterocycles. The van der Waals surface area contributed by atoms with Crippen LogP contribution in [0.2, 0.25) is 0 Å². The number of aliphatic carboxylic acids is 1. The Hall–Kier alpha value is -1.42. The maximum absolute atomic E-state index is 13.6. The van der Waals surface area contributed by atoms with E-state index in [4.69, 9.17) is 5.11 Å². The van der Waals surface area contributed by atoms with Crippen LogP contribution in [0, 0.1) is 18.7 Å². The van der Waals surface area contributed by atoms with E-state index in [2.05, 4.69) is 11.8 Å². The monoisotopic (exact) mass is 279 g/mol. The Balaban J connectivity index is 1.95. The molecule has 1 aromatic rings. The maximum Gasteiger partial charge on any atom is 0.303 e. The lowest BCUT2D eigenvalue weighted by molar-refractivity contribution is -0.137. The first-order chi connectivity index (χ1) is 9.47. The van der Waals surface area contributed by atoms with Gasteiger partial charge in [0, 0.05) is 19.0 Å². The predicted octanol–water partition coefficient (Wildman–Crippen LogP) is 3.38. The van der Waals surface area contributed by atoms with Crippen LogP contribution in [0.25, 0.3) is 0 Å². The first-order valence-corrected chi connectivity index (χ1v) is 7.19. The summed E-state index contributed by atoms with van der Waals surface area (Å²) in [6.45, 7) is 5.72. The summed E-state index contributed by atoms with van der Waals surface area (Å²) < 4.78 is 13.6. The fourth-order valence-electron chi connectivity index (χ4n) is 2.86. The van der Waals surface area contributed by atoms with Crippen LogP contribution >= 0.6 is 0 Å². The van der Waals surface area contributed by atoms with Crippen LogP contribution in [0.15, 0.2) is 18.2 Å². The zero-order chi connectivity index (χ0) is 14.7. The molecule has 3 nitrogen and oxygen atoms in total. The Morgan fingerprint density at radius 3 is 2.95 bits per heavy atom. The van der Waals surface area contributed by atoms with E-state index >= 15 is 0 Å². The lowest BCUT2D eigenvalue weighted by Crippen LogP contribution is -2.24. The van der Waals surface area contributed by atoms with Gasteiger partial charge in [0.15, 0.2) is 0 Å². The fraction of sp³-hybridized carbons (Fsp3) is 0.562. The van der Waals surface area contributed by atoms with Crippen LogP contribution in [0.1, 0.15) is 43.4 Å². The molecule has 1 saturated heterocycles. The molecule has 1 aliphatic rings. The Kier molecular flexibility index (Phi) is 4.76. The van der Waals surface area contributed by atoms with E-state index in [1.165, 1.54) is 0 Å². The molecular formula is C16H22FNO2. The standard InChI is InChI=1S/C16H22FNO2/c1-11-3-5-14(9-15(11)17)12(2)18-8-7-13(10-18)4-6-16(19)20/h3,5,9,12-13H,4,6-8,10H2,1-2H3,(H,19,20). The molecule has 0 bridgehead atoms. The van der Waals surface area contributed by atoms with Crippen molar-refractivity contribution in [2.75, 3.05) is 13.1 Å². The quantitative estimate of drug-likeness (QED) is 0.898. The topological polar surface area (TPSA) is 40.5 Å². The van der Waals surface area contributed by atoms with E-state index in [0.717, 1.165) is 31.5 Å². The van der Waals surface area contributed by atoms with Crippen molar-refractivity contribution in [2.24, 2.45) is 5.92 Å². The number of halogens is 1. The molecular weight excluding hydrogens is 257 g/mol. The van der Waals surface area contributed by atoms with Gasteiger partial charge in [-0.15, -0.1) is 0 Å². The van der Waals surface area contributed by atoms with Gasteiger partial charge in [-0.1, -0.05) is 12.1 Å². The van der Waals surface area contributed by atoms with Crippen molar-refractivity contribution in [3.05, 3.63) is 35.1 Å². The Morgan fingerprint density at radius 1 is 1.55 bits per heavy atom. The van der Waals surface area contributed by atoms with Crippen molar-refractivity contribution in [1.29, 1.82) is 0 Å². The van der Waals surface area contributed by atoms with Crippen molar-refractivity contribution in [3.63, 3.8) is 0 Å². The summed E-state index contributed by atoms with van der Waals surface area (Å²) in [5.74, 6) is -0.433. The first kappa shape index (κ1) is 15.0. The Morgan fingerprint density at radius 2 is 2.30 bits per heavy atom. The summed E-state index contributed by atoms with van der Waals surface area (Å²) in [6, 6.07) is 5.59. The summed E-state index contributed by atoms with van der Waals surface area (Å²) in [7, 11) is 0. The van der Waals surface area contributed by atoms with Crippen molar-refractivity contribution in [1.82, 2.24) is 4.90 Å². The van der Waals surface area contributed by atoms with Gasteiger partial charge in [-0.2, -0.15) is 0 Å². The van der Waals surface area contributed by atoms with Crippen LogP contribution in [-0.2, 0) is 4.79 Å². The maximum atomic E-state index is 13.6. The number of hydrogen-bond donors (Lipinski definition) is 1. The predicted molar refractivity (Wildman–Crippen MR) is 76.1 cm³/mol. The third-order valence-electron chi connectivity index (χ3n) is 4.31. The van der Waals surface area contributed by atoms with Crippen LogP contribution in [0.3, 0.4) is 0 Å². The average molecular weight is 279 g/mol. The lowest BCUT2D eigenvalue weighted by Gasteiger charge is -2.25. The highest BCUT2D eigenvalue weighted by molar-refractivity contribution is 5.66. The number of carboxylic acid groups (broad SMARTS) is 1. The zero-order valence-corrected chi connectivity index (χ0v) is 12.1. The van der Waals surface area contributed by atoms with Crippen LogP contribution < -0.4 is 0 Å². The van der Waals surface area contributed by atoms with Gasteiger partial charge in [-0.25, -0.2) is 4.39 Å². The second-order valence-corrected chi connectivity index (χ2v) is 5.77. The van der Waals surface area contributed by atoms with Gasteiger partial charge in [-0.05, 0) is 56.3 Å². The van der Waals surface area contributed by atoms with Gasteiger partial charge in [0.25, 0.3) is 0 Å². The largest absolute Gasteiger partial charge is 0.481 e. The Bertz CT molecular complexity index is 489. The van der Waals surface area contributed by atoms with Crippen LogP contribution in [-0.4, -0.2) is 29.1 Å². The summed E-state index contributed by atoms with van der Waals surface area (Å²) in [6.07, 6.45) is 2.01. The second-order valence-electron chi connectivity index (χ2n) is 5.77. The number of nitrogens with zero attached hydrogens (tertiary/aromatic N) is 1. The minimum absolute atomic E-state index is 0.157. The number of hydrogen-bond acceptors (Lipinski definition) is 2. The number of benzene rings is 1. The molecule has 1 fully saturated rings. The summed E-state index contributed by atoms with van der Waals surface area (Å²) >= 11 is 0. The number of likely N-dealkylation sites (tertiary alicyclic amines) is 1. The minimum Gasteiger partial charge on any atom is -0.481 e. The molecule has 1 aliphatic heterocycles. The van der Waals surface area contributed by atoms with Crippen molar-refractivity contribution in [2.45, 2.75) is 39.2 Å². The number of aryl methyl sites for hydroxylation is 1. The molecule has 0 amide bonds. The van der Waals surface area contributed by atoms with Gasteiger partial charge in [0.05, 0.1) is 0 Å². The third-order valence-corrected chi connectivity index (χ3v) is 4.31. The van der Waals surface area contributed by atoms with Crippen LogP contribution in [0.5, 0.6) is 0 Å². The zero-order valence-electron chi connectivity index (χ0n) is 12.1. The van der Waals surface area contributed by atoms with E-state index in [1.54, 1.807) is 13.0 Å². The molecule has 2 unspecified atom stereocenters.